The summed E-state index contributed by atoms with van der Waals surface area (Å²) in [7, 11) is 1.68. The molecule has 1 saturated carbocycles. The summed E-state index contributed by atoms with van der Waals surface area (Å²) in [6, 6.07) is 14.4. The molecule has 0 N–H and O–H groups in total. The molecule has 1 aliphatic rings. The van der Waals surface area contributed by atoms with Crippen LogP contribution in [0.5, 0.6) is 5.75 Å². The van der Waals surface area contributed by atoms with Crippen LogP contribution in [0.3, 0.4) is 0 Å². The van der Waals surface area contributed by atoms with Gasteiger partial charge in [0.2, 0.25) is 0 Å². The standard InChI is InChI=1S/C20H20BrN3O/c1-13-4-3-5-17(8-13)24-20(22-19(23-24)9-14-6-7-14)15-10-16(21)12-18(11-15)25-2/h3-5,8,10-12,14H,6-7,9H2,1-2H3. The molecule has 3 aromatic rings. The molecule has 5 heteroatoms. The van der Waals surface area contributed by atoms with Crippen molar-refractivity contribution < 1.29 is 4.74 Å². The van der Waals surface area contributed by atoms with E-state index < -0.39 is 0 Å². The third kappa shape index (κ3) is 3.61. The van der Waals surface area contributed by atoms with E-state index in [1.165, 1.54) is 18.4 Å². The van der Waals surface area contributed by atoms with Crippen molar-refractivity contribution in [2.75, 3.05) is 7.11 Å². The van der Waals surface area contributed by atoms with Gasteiger partial charge in [0.1, 0.15) is 5.75 Å². The number of methoxy groups -OCH3 is 1. The lowest BCUT2D eigenvalue weighted by molar-refractivity contribution is 0.414. The van der Waals surface area contributed by atoms with Gasteiger partial charge in [0.25, 0.3) is 0 Å². The second-order valence-electron chi connectivity index (χ2n) is 6.63. The van der Waals surface area contributed by atoms with Crippen molar-refractivity contribution in [2.45, 2.75) is 26.2 Å². The van der Waals surface area contributed by atoms with E-state index in [4.69, 9.17) is 14.8 Å². The smallest absolute Gasteiger partial charge is 0.163 e. The van der Waals surface area contributed by atoms with Gasteiger partial charge in [0.05, 0.1) is 12.8 Å². The zero-order valence-corrected chi connectivity index (χ0v) is 16.0. The van der Waals surface area contributed by atoms with Crippen LogP contribution in [0.2, 0.25) is 0 Å². The van der Waals surface area contributed by atoms with Crippen molar-refractivity contribution in [3.63, 3.8) is 0 Å². The van der Waals surface area contributed by atoms with Gasteiger partial charge in [0.15, 0.2) is 11.6 Å². The monoisotopic (exact) mass is 397 g/mol. The second-order valence-corrected chi connectivity index (χ2v) is 7.55. The highest BCUT2D eigenvalue weighted by atomic mass is 79.9. The van der Waals surface area contributed by atoms with Crippen LogP contribution in [0.1, 0.15) is 24.2 Å². The minimum atomic E-state index is 0.748. The average molecular weight is 398 g/mol. The molecule has 1 aliphatic carbocycles. The van der Waals surface area contributed by atoms with Gasteiger partial charge >= 0.3 is 0 Å². The van der Waals surface area contributed by atoms with E-state index in [9.17, 15) is 0 Å². The Morgan fingerprint density at radius 2 is 2.04 bits per heavy atom. The fraction of sp³-hybridized carbons (Fsp3) is 0.300. The Labute approximate surface area is 156 Å². The van der Waals surface area contributed by atoms with Gasteiger partial charge in [-0.15, -0.1) is 0 Å². The topological polar surface area (TPSA) is 39.9 Å². The van der Waals surface area contributed by atoms with E-state index in [2.05, 4.69) is 53.2 Å². The molecule has 0 spiro atoms. The fourth-order valence-corrected chi connectivity index (χ4v) is 3.43. The zero-order valence-electron chi connectivity index (χ0n) is 14.4. The number of ether oxygens (including phenoxy) is 1. The van der Waals surface area contributed by atoms with Crippen molar-refractivity contribution in [1.29, 1.82) is 0 Å². The highest BCUT2D eigenvalue weighted by Crippen LogP contribution is 2.34. The SMILES string of the molecule is COc1cc(Br)cc(-c2nc(CC3CC3)nn2-c2cccc(C)c2)c1. The van der Waals surface area contributed by atoms with Gasteiger partial charge in [-0.2, -0.15) is 5.10 Å². The van der Waals surface area contributed by atoms with Crippen LogP contribution < -0.4 is 4.74 Å². The summed E-state index contributed by atoms with van der Waals surface area (Å²) in [5.41, 5.74) is 3.22. The van der Waals surface area contributed by atoms with Crippen molar-refractivity contribution in [3.05, 3.63) is 58.3 Å². The lowest BCUT2D eigenvalue weighted by Crippen LogP contribution is -2.01. The summed E-state index contributed by atoms with van der Waals surface area (Å²) in [6.07, 6.45) is 3.54. The Morgan fingerprint density at radius 3 is 2.76 bits per heavy atom. The molecule has 0 atom stereocenters. The molecule has 0 aliphatic heterocycles. The molecule has 4 nitrogen and oxygen atoms in total. The highest BCUT2D eigenvalue weighted by Gasteiger charge is 2.25. The maximum atomic E-state index is 5.42. The molecule has 25 heavy (non-hydrogen) atoms. The van der Waals surface area contributed by atoms with Crippen LogP contribution in [-0.2, 0) is 6.42 Å². The molecule has 0 bridgehead atoms. The number of benzene rings is 2. The molecule has 2 aromatic carbocycles. The van der Waals surface area contributed by atoms with E-state index in [1.54, 1.807) is 7.11 Å². The molecule has 0 unspecified atom stereocenters. The Bertz CT molecular complexity index is 915. The number of hydrogen-bond acceptors (Lipinski definition) is 3. The van der Waals surface area contributed by atoms with Crippen LogP contribution in [0.4, 0.5) is 0 Å². The molecule has 0 amide bonds. The summed E-state index contributed by atoms with van der Waals surface area (Å²) in [6.45, 7) is 2.09. The van der Waals surface area contributed by atoms with Gasteiger partial charge in [0, 0.05) is 16.5 Å². The predicted octanol–water partition coefficient (Wildman–Crippen LogP) is 4.97. The van der Waals surface area contributed by atoms with Crippen molar-refractivity contribution in [2.24, 2.45) is 5.92 Å². The summed E-state index contributed by atoms with van der Waals surface area (Å²) in [4.78, 5) is 4.86. The number of halogens is 1. The summed E-state index contributed by atoms with van der Waals surface area (Å²) in [5, 5.41) is 4.81. The zero-order chi connectivity index (χ0) is 17.4. The maximum Gasteiger partial charge on any atom is 0.163 e. The molecule has 0 radical (unpaired) electrons. The largest absolute Gasteiger partial charge is 0.497 e. The number of nitrogens with zero attached hydrogens (tertiary/aromatic N) is 3. The first-order chi connectivity index (χ1) is 12.1. The Balaban J connectivity index is 1.84. The van der Waals surface area contributed by atoms with Crippen molar-refractivity contribution in [1.82, 2.24) is 14.8 Å². The summed E-state index contributed by atoms with van der Waals surface area (Å²) < 4.78 is 8.33. The normalized spacial score (nSPS) is 13.9. The summed E-state index contributed by atoms with van der Waals surface area (Å²) in [5.74, 6) is 3.31. The number of rotatable bonds is 5. The number of aromatic nitrogens is 3. The van der Waals surface area contributed by atoms with Gasteiger partial charge in [-0.25, -0.2) is 9.67 Å². The Morgan fingerprint density at radius 1 is 1.20 bits per heavy atom. The van der Waals surface area contributed by atoms with Gasteiger partial charge in [-0.05, 0) is 61.6 Å². The molecule has 1 aromatic heterocycles. The molecule has 0 saturated heterocycles. The first-order valence-corrected chi connectivity index (χ1v) is 9.29. The van der Waals surface area contributed by atoms with Crippen molar-refractivity contribution in [3.8, 4) is 22.8 Å². The third-order valence-corrected chi connectivity index (χ3v) is 4.89. The fourth-order valence-electron chi connectivity index (χ4n) is 2.96. The Kier molecular flexibility index (Phi) is 4.34. The minimum Gasteiger partial charge on any atom is -0.497 e. The lowest BCUT2D eigenvalue weighted by atomic mass is 10.2. The van der Waals surface area contributed by atoms with Crippen LogP contribution in [0.15, 0.2) is 46.9 Å². The average Bonchev–Trinajstić information content (AvgIpc) is 3.30. The maximum absolute atomic E-state index is 5.42. The first kappa shape index (κ1) is 16.3. The van der Waals surface area contributed by atoms with E-state index in [0.717, 1.165) is 45.5 Å². The van der Waals surface area contributed by atoms with Crippen molar-refractivity contribution >= 4 is 15.9 Å². The van der Waals surface area contributed by atoms with E-state index >= 15 is 0 Å². The van der Waals surface area contributed by atoms with Crippen LogP contribution in [-0.4, -0.2) is 21.9 Å². The molecule has 4 rings (SSSR count). The van der Waals surface area contributed by atoms with Crippen LogP contribution >= 0.6 is 15.9 Å². The second kappa shape index (κ2) is 6.64. The molecular formula is C20H20BrN3O. The third-order valence-electron chi connectivity index (χ3n) is 4.43. The molecule has 128 valence electrons. The van der Waals surface area contributed by atoms with E-state index in [1.807, 2.05) is 16.8 Å². The quantitative estimate of drug-likeness (QED) is 0.610. The van der Waals surface area contributed by atoms with Crippen LogP contribution in [0, 0.1) is 12.8 Å². The first-order valence-electron chi connectivity index (χ1n) is 8.50. The number of hydrogen-bond donors (Lipinski definition) is 0. The van der Waals surface area contributed by atoms with E-state index in [-0.39, 0.29) is 0 Å². The van der Waals surface area contributed by atoms with Gasteiger partial charge in [-0.1, -0.05) is 28.1 Å². The summed E-state index contributed by atoms with van der Waals surface area (Å²) >= 11 is 3.56. The van der Waals surface area contributed by atoms with E-state index in [0.29, 0.717) is 0 Å². The number of aryl methyl sites for hydroxylation is 1. The molecule has 1 fully saturated rings. The lowest BCUT2D eigenvalue weighted by Gasteiger charge is -2.09. The van der Waals surface area contributed by atoms with Crippen LogP contribution in [0.25, 0.3) is 17.1 Å². The Hall–Kier alpha value is -2.14. The van der Waals surface area contributed by atoms with Gasteiger partial charge < -0.3 is 4.74 Å². The molecular weight excluding hydrogens is 378 g/mol. The minimum absolute atomic E-state index is 0.748. The highest BCUT2D eigenvalue weighted by molar-refractivity contribution is 9.10. The van der Waals surface area contributed by atoms with Gasteiger partial charge in [-0.3, -0.25) is 0 Å². The predicted molar refractivity (Wildman–Crippen MR) is 102 cm³/mol. The molecule has 1 heterocycles.